The first-order valence-electron chi connectivity index (χ1n) is 8.36. The van der Waals surface area contributed by atoms with Gasteiger partial charge >= 0.3 is 17.7 Å². The van der Waals surface area contributed by atoms with Gasteiger partial charge in [-0.1, -0.05) is 22.4 Å². The van der Waals surface area contributed by atoms with E-state index in [1.807, 2.05) is 0 Å². The molecular formula is C17H34N2S2Si2+2. The summed E-state index contributed by atoms with van der Waals surface area (Å²) in [5.74, 6) is 0. The van der Waals surface area contributed by atoms with Crippen molar-refractivity contribution in [3.05, 3.63) is 22.0 Å². The lowest BCUT2D eigenvalue weighted by molar-refractivity contribution is -0.464. The monoisotopic (exact) mass is 386 g/mol. The minimum absolute atomic E-state index is 0.0752. The van der Waals surface area contributed by atoms with Crippen molar-refractivity contribution >= 4 is 51.5 Å². The molecule has 6 heteroatoms. The molecule has 0 aromatic carbocycles. The third-order valence-corrected chi connectivity index (χ3v) is 13.7. The molecule has 2 aliphatic heterocycles. The molecule has 0 amide bonds. The van der Waals surface area contributed by atoms with E-state index in [-0.39, 0.29) is 17.7 Å². The molecule has 0 fully saturated rings. The molecule has 0 unspecified atom stereocenters. The van der Waals surface area contributed by atoms with Crippen molar-refractivity contribution in [2.75, 3.05) is 0 Å². The van der Waals surface area contributed by atoms with E-state index in [1.165, 1.54) is 21.2 Å². The van der Waals surface area contributed by atoms with Crippen LogP contribution in [0, 0.1) is 0 Å². The van der Waals surface area contributed by atoms with Gasteiger partial charge in [0.1, 0.15) is 11.6 Å². The normalized spacial score (nSPS) is 21.5. The van der Waals surface area contributed by atoms with Crippen LogP contribution in [-0.4, -0.2) is 49.1 Å². The topological polar surface area (TPSA) is 6.02 Å². The van der Waals surface area contributed by atoms with Gasteiger partial charge in [-0.15, -0.1) is 0 Å². The van der Waals surface area contributed by atoms with Gasteiger partial charge in [-0.25, -0.2) is 0 Å². The average Bonchev–Trinajstić information content (AvgIpc) is 2.36. The van der Waals surface area contributed by atoms with Crippen LogP contribution < -0.4 is 0 Å². The van der Waals surface area contributed by atoms with E-state index in [9.17, 15) is 0 Å². The minimum atomic E-state index is -0.132. The Bertz CT molecular complexity index is 568. The van der Waals surface area contributed by atoms with Gasteiger partial charge in [-0.3, -0.25) is 4.24 Å². The van der Waals surface area contributed by atoms with E-state index in [4.69, 9.17) is 0 Å². The Morgan fingerprint density at radius 3 is 1.74 bits per heavy atom. The van der Waals surface area contributed by atoms with E-state index in [0.717, 1.165) is 0 Å². The molecule has 130 valence electrons. The zero-order valence-corrected chi connectivity index (χ0v) is 20.8. The molecule has 2 aliphatic rings. The van der Waals surface area contributed by atoms with E-state index in [2.05, 4.69) is 105 Å². The first-order chi connectivity index (χ1) is 10.5. The number of hydrogen-bond acceptors (Lipinski definition) is 2. The molecule has 0 atom stereocenters. The lowest BCUT2D eigenvalue weighted by Crippen LogP contribution is -2.39. The first kappa shape index (κ1) is 21.0. The van der Waals surface area contributed by atoms with E-state index in [1.54, 1.807) is 0 Å². The van der Waals surface area contributed by atoms with Crippen LogP contribution in [0.1, 0.15) is 62.3 Å². The first-order valence-corrected chi connectivity index (χ1v) is 15.1. The number of nitrogens with zero attached hydrogens (tertiary/aromatic N) is 2. The second kappa shape index (κ2) is 8.88. The summed E-state index contributed by atoms with van der Waals surface area (Å²) >= 11 is 4.13. The Balaban J connectivity index is 0.000000231. The van der Waals surface area contributed by atoms with Crippen molar-refractivity contribution in [3.8, 4) is 0 Å². The molecule has 2 rings (SSSR count). The Hall–Kier alpha value is -0.0462. The Morgan fingerprint density at radius 1 is 0.870 bits per heavy atom. The van der Waals surface area contributed by atoms with Gasteiger partial charge in [-0.2, -0.15) is 0 Å². The molecular weight excluding hydrogens is 353 g/mol. The molecule has 0 saturated carbocycles. The predicted octanol–water partition coefficient (Wildman–Crippen LogP) is 3.43. The highest BCUT2D eigenvalue weighted by atomic mass is 32.4. The highest BCUT2D eigenvalue weighted by molar-refractivity contribution is 8.24. The largest absolute Gasteiger partial charge is 0.397 e. The Kier molecular flexibility index (Phi) is 8.10. The second-order valence-corrected chi connectivity index (χ2v) is 14.5. The smallest absolute Gasteiger partial charge is 0.302 e. The van der Waals surface area contributed by atoms with Crippen molar-refractivity contribution in [1.29, 1.82) is 0 Å². The summed E-state index contributed by atoms with van der Waals surface area (Å²) in [4.78, 5) is 2.98. The molecule has 0 spiro atoms. The van der Waals surface area contributed by atoms with Crippen LogP contribution in [0.2, 0.25) is 0 Å². The number of rotatable bonds is 1. The van der Waals surface area contributed by atoms with Gasteiger partial charge in [-0.05, 0) is 58.3 Å². The fraction of sp³-hybridized carbons (Fsp3) is 0.647. The van der Waals surface area contributed by atoms with Gasteiger partial charge < -0.3 is 4.24 Å². The van der Waals surface area contributed by atoms with Gasteiger partial charge in [0.2, 0.25) is 0 Å². The summed E-state index contributed by atoms with van der Waals surface area (Å²) in [7, 11) is -0.207. The molecule has 0 aromatic rings. The molecule has 2 nitrogen and oxygen atoms in total. The third kappa shape index (κ3) is 6.76. The summed E-state index contributed by atoms with van der Waals surface area (Å²) in [6, 6.07) is 0.693. The number of hydrogen-bond donors (Lipinski definition) is 0. The van der Waals surface area contributed by atoms with Crippen LogP contribution in [0.3, 0.4) is 0 Å². The molecule has 0 saturated heterocycles. The van der Waals surface area contributed by atoms with Crippen LogP contribution in [0.5, 0.6) is 0 Å². The SMILES string of the molecule is CC1=CC(C)=[N+](C(C)(C)C)[SiH2]S1.CC1=CC(C)=[N+](C(C)C)[SiH2]S1. The van der Waals surface area contributed by atoms with Crippen molar-refractivity contribution < 1.29 is 8.48 Å². The molecule has 0 aliphatic carbocycles. The van der Waals surface area contributed by atoms with Gasteiger partial charge in [0.15, 0.2) is 11.4 Å². The van der Waals surface area contributed by atoms with Crippen LogP contribution in [-0.2, 0) is 0 Å². The lowest BCUT2D eigenvalue weighted by atomic mass is 10.1. The Labute approximate surface area is 155 Å². The van der Waals surface area contributed by atoms with Gasteiger partial charge in [0.05, 0.1) is 0 Å². The van der Waals surface area contributed by atoms with Crippen molar-refractivity contribution in [2.45, 2.75) is 73.9 Å². The highest BCUT2D eigenvalue weighted by Gasteiger charge is 2.27. The van der Waals surface area contributed by atoms with Crippen LogP contribution in [0.15, 0.2) is 22.0 Å². The van der Waals surface area contributed by atoms with E-state index < -0.39 is 0 Å². The maximum atomic E-state index is 2.57. The minimum Gasteiger partial charge on any atom is -0.302 e. The molecule has 0 N–H and O–H groups in total. The van der Waals surface area contributed by atoms with E-state index in [0.29, 0.717) is 11.6 Å². The second-order valence-electron chi connectivity index (χ2n) is 7.50. The molecule has 0 bridgehead atoms. The Morgan fingerprint density at radius 2 is 1.35 bits per heavy atom. The van der Waals surface area contributed by atoms with E-state index >= 15 is 0 Å². The fourth-order valence-corrected chi connectivity index (χ4v) is 10.9. The summed E-state index contributed by atoms with van der Waals surface area (Å²) in [6.45, 7) is 20.3. The maximum absolute atomic E-state index is 2.57. The molecule has 23 heavy (non-hydrogen) atoms. The number of allylic oxidation sites excluding steroid dienone is 4. The van der Waals surface area contributed by atoms with Crippen LogP contribution in [0.25, 0.3) is 0 Å². The summed E-state index contributed by atoms with van der Waals surface area (Å²) in [6.07, 6.45) is 4.59. The highest BCUT2D eigenvalue weighted by Crippen LogP contribution is 2.21. The predicted molar refractivity (Wildman–Crippen MR) is 117 cm³/mol. The van der Waals surface area contributed by atoms with Crippen molar-refractivity contribution in [2.24, 2.45) is 0 Å². The van der Waals surface area contributed by atoms with Crippen LogP contribution in [0.4, 0.5) is 0 Å². The molecule has 2 heterocycles. The van der Waals surface area contributed by atoms with Crippen molar-refractivity contribution in [1.82, 2.24) is 0 Å². The standard InChI is InChI=1S/C9H18NSSi.C8H16NSSi/c1-7-6-8(2)11-12-10(7)9(3,4)5;1-6(2)9-7(3)5-8(4)10-11-9/h6H,12H2,1-5H3;5-6H,11H2,1-4H3/q2*+1. The molecule has 0 radical (unpaired) electrons. The van der Waals surface area contributed by atoms with Gasteiger partial charge in [0, 0.05) is 26.0 Å². The summed E-state index contributed by atoms with van der Waals surface area (Å²) < 4.78 is 5.13. The van der Waals surface area contributed by atoms with Crippen LogP contribution >= 0.6 is 22.4 Å². The van der Waals surface area contributed by atoms with Gasteiger partial charge in [0.25, 0.3) is 0 Å². The summed E-state index contributed by atoms with van der Waals surface area (Å²) in [5.41, 5.74) is 3.23. The van der Waals surface area contributed by atoms with Crippen molar-refractivity contribution in [3.63, 3.8) is 0 Å². The fourth-order valence-electron chi connectivity index (χ4n) is 2.65. The third-order valence-electron chi connectivity index (χ3n) is 3.99. The summed E-state index contributed by atoms with van der Waals surface area (Å²) in [5, 5.41) is 0. The zero-order chi connectivity index (χ0) is 17.8. The molecule has 0 aromatic heterocycles. The quantitative estimate of drug-likeness (QED) is 0.637. The average molecular weight is 387 g/mol. The zero-order valence-electron chi connectivity index (χ0n) is 16.4. The maximum Gasteiger partial charge on any atom is 0.397 e. The lowest BCUT2D eigenvalue weighted by Gasteiger charge is -2.23.